The number of rotatable bonds is 6. The number of hydrogen-bond donors (Lipinski definition) is 0. The van der Waals surface area contributed by atoms with Crippen LogP contribution in [0.4, 0.5) is 0 Å². The number of nitrogens with zero attached hydrogens (tertiary/aromatic N) is 2. The van der Waals surface area contributed by atoms with Gasteiger partial charge in [-0.25, -0.2) is 0 Å². The molecular formula is C24H44Au2N2Si4. The molecule has 8 heteroatoms. The molecule has 0 fully saturated rings. The maximum Gasteiger partial charge on any atom is 1.00 e. The van der Waals surface area contributed by atoms with Crippen LogP contribution in [0.5, 0.6) is 0 Å². The Morgan fingerprint density at radius 1 is 0.469 bits per heavy atom. The van der Waals surface area contributed by atoms with E-state index in [4.69, 9.17) is 0 Å². The van der Waals surface area contributed by atoms with Gasteiger partial charge in [0.25, 0.3) is 0 Å². The molecular weight excluding hydrogens is 823 g/mol. The van der Waals surface area contributed by atoms with Gasteiger partial charge in [0.1, 0.15) is 0 Å². The molecule has 0 aliphatic carbocycles. The zero-order valence-corrected chi connectivity index (χ0v) is 30.4. The Bertz CT molecular complexity index is 668. The first kappa shape index (κ1) is 34.6. The van der Waals surface area contributed by atoms with Crippen LogP contribution < -0.4 is 0 Å². The van der Waals surface area contributed by atoms with Crippen molar-refractivity contribution in [3.05, 3.63) is 70.5 Å². The summed E-state index contributed by atoms with van der Waals surface area (Å²) in [4.78, 5) is 9.09. The van der Waals surface area contributed by atoms with E-state index in [-0.39, 0.29) is 44.8 Å². The fourth-order valence-electron chi connectivity index (χ4n) is 4.81. The molecule has 0 aromatic carbocycles. The van der Waals surface area contributed by atoms with E-state index in [1.165, 1.54) is 11.4 Å². The van der Waals surface area contributed by atoms with Crippen molar-refractivity contribution in [2.45, 2.75) is 78.6 Å². The first-order chi connectivity index (χ1) is 13.5. The van der Waals surface area contributed by atoms with Gasteiger partial charge in [-0.05, 0) is 32.3 Å². The molecule has 0 amide bonds. The fourth-order valence-corrected chi connectivity index (χ4v) is 26.5. The molecule has 2 aromatic heterocycles. The third-order valence-corrected chi connectivity index (χ3v) is 20.9. The van der Waals surface area contributed by atoms with Gasteiger partial charge in [-0.3, -0.25) is 9.97 Å². The predicted octanol–water partition coefficient (Wildman–Crippen LogP) is 7.51. The summed E-state index contributed by atoms with van der Waals surface area (Å²) in [6.45, 7) is 29.1. The molecule has 0 bridgehead atoms. The molecule has 2 nitrogen and oxygen atoms in total. The normalized spacial score (nSPS) is 11.9. The van der Waals surface area contributed by atoms with E-state index < -0.39 is 32.3 Å². The molecule has 0 saturated carbocycles. The Kier molecular flexibility index (Phi) is 14.5. The Morgan fingerprint density at radius 2 is 0.719 bits per heavy atom. The van der Waals surface area contributed by atoms with Gasteiger partial charge >= 0.3 is 44.8 Å². The molecule has 0 radical (unpaired) electrons. The number of aromatic nitrogens is 2. The van der Waals surface area contributed by atoms with Gasteiger partial charge in [0, 0.05) is 12.4 Å². The summed E-state index contributed by atoms with van der Waals surface area (Å²) in [5.41, 5.74) is 2.49. The van der Waals surface area contributed by atoms with Gasteiger partial charge in [-0.1, -0.05) is 90.7 Å². The van der Waals surface area contributed by atoms with Crippen molar-refractivity contribution >= 4 is 32.3 Å². The molecule has 0 spiro atoms. The topological polar surface area (TPSA) is 25.8 Å². The summed E-state index contributed by atoms with van der Waals surface area (Å²) in [5.74, 6) is 0. The van der Waals surface area contributed by atoms with Gasteiger partial charge in [0.05, 0.1) is 0 Å². The second-order valence-corrected chi connectivity index (χ2v) is 33.2. The van der Waals surface area contributed by atoms with E-state index in [1.54, 1.807) is 10.3 Å². The van der Waals surface area contributed by atoms with Crippen molar-refractivity contribution in [2.75, 3.05) is 0 Å². The van der Waals surface area contributed by atoms with E-state index in [0.717, 1.165) is 0 Å². The molecule has 0 atom stereocenters. The number of hydrogen-bond acceptors (Lipinski definition) is 2. The second-order valence-electron chi connectivity index (χ2n) is 12.2. The third-order valence-electron chi connectivity index (χ3n) is 4.84. The van der Waals surface area contributed by atoms with Crippen LogP contribution in [0.25, 0.3) is 0 Å². The van der Waals surface area contributed by atoms with Crippen LogP contribution >= 0.6 is 0 Å². The van der Waals surface area contributed by atoms with Crippen LogP contribution in [0.15, 0.2) is 48.8 Å². The van der Waals surface area contributed by atoms with E-state index in [0.29, 0.717) is 0 Å². The summed E-state index contributed by atoms with van der Waals surface area (Å²) in [6.07, 6.45) is 3.82. The standard InChI is InChI=1S/2C12H22NSi2.2Au/c2*1-14(2,3)12(15(4,5)6)11-9-7-8-10-13-11;;/h2*7-10H,1-6H3;;/q2*-1;2*+1. The smallest absolute Gasteiger partial charge is 0.296 e. The molecule has 2 heterocycles. The van der Waals surface area contributed by atoms with Gasteiger partial charge in [-0.2, -0.15) is 22.5 Å². The molecule has 2 rings (SSSR count). The minimum atomic E-state index is -1.25. The Labute approximate surface area is 234 Å². The van der Waals surface area contributed by atoms with Crippen LogP contribution in [0.1, 0.15) is 11.4 Å². The molecule has 188 valence electrons. The van der Waals surface area contributed by atoms with Crippen molar-refractivity contribution in [3.8, 4) is 0 Å². The van der Waals surface area contributed by atoms with Gasteiger partial charge in [0.15, 0.2) is 0 Å². The number of pyridine rings is 2. The van der Waals surface area contributed by atoms with Crippen LogP contribution in [0, 0.1) is 10.3 Å². The maximum atomic E-state index is 4.54. The molecule has 0 N–H and O–H groups in total. The first-order valence-corrected chi connectivity index (χ1v) is 25.0. The Morgan fingerprint density at radius 3 is 0.875 bits per heavy atom. The van der Waals surface area contributed by atoms with Crippen molar-refractivity contribution in [1.29, 1.82) is 0 Å². The summed E-state index contributed by atoms with van der Waals surface area (Å²) >= 11 is 0. The SMILES string of the molecule is C[Si](C)(C)[C-](c1ccccn1)[Si](C)(C)C.C[Si](C)(C)[C-](c1ccccn1)[Si](C)(C)C.[Au+].[Au+]. The average molecular weight is 867 g/mol. The largest absolute Gasteiger partial charge is 1.00 e. The zero-order valence-electron chi connectivity index (χ0n) is 22.1. The first-order valence-electron chi connectivity index (χ1n) is 11.0. The van der Waals surface area contributed by atoms with Gasteiger partial charge in [0.2, 0.25) is 0 Å². The molecule has 32 heavy (non-hydrogen) atoms. The Hall–Kier alpha value is 0.388. The van der Waals surface area contributed by atoms with E-state index >= 15 is 0 Å². The average Bonchev–Trinajstić information content (AvgIpc) is 2.52. The zero-order chi connectivity index (χ0) is 23.4. The minimum Gasteiger partial charge on any atom is -0.296 e. The van der Waals surface area contributed by atoms with Crippen molar-refractivity contribution in [2.24, 2.45) is 0 Å². The molecule has 2 aromatic rings. The van der Waals surface area contributed by atoms with Crippen LogP contribution in [-0.4, -0.2) is 42.3 Å². The van der Waals surface area contributed by atoms with Crippen molar-refractivity contribution < 1.29 is 44.8 Å². The minimum absolute atomic E-state index is 0. The third kappa shape index (κ3) is 11.2. The monoisotopic (exact) mass is 866 g/mol. The second kappa shape index (κ2) is 13.5. The molecule has 0 unspecified atom stereocenters. The van der Waals surface area contributed by atoms with Crippen LogP contribution in [0.3, 0.4) is 0 Å². The maximum absolute atomic E-state index is 4.54. The van der Waals surface area contributed by atoms with E-state index in [9.17, 15) is 0 Å². The predicted molar refractivity (Wildman–Crippen MR) is 147 cm³/mol. The van der Waals surface area contributed by atoms with Crippen LogP contribution in [0.2, 0.25) is 78.6 Å². The van der Waals surface area contributed by atoms with Crippen LogP contribution in [-0.2, 0) is 44.8 Å². The summed E-state index contributed by atoms with van der Waals surface area (Å²) in [6, 6.07) is 12.5. The summed E-state index contributed by atoms with van der Waals surface area (Å²) in [7, 11) is -4.99. The fraction of sp³-hybridized carbons (Fsp3) is 0.500. The quantitative estimate of drug-likeness (QED) is 0.222. The van der Waals surface area contributed by atoms with Gasteiger partial charge in [-0.15, -0.1) is 23.5 Å². The molecule has 0 aliphatic heterocycles. The summed E-state index contributed by atoms with van der Waals surface area (Å²) < 4.78 is 0. The molecule has 0 saturated heterocycles. The molecule has 0 aliphatic rings. The van der Waals surface area contributed by atoms with Gasteiger partial charge < -0.3 is 0 Å². The van der Waals surface area contributed by atoms with E-state index in [2.05, 4.69) is 113 Å². The van der Waals surface area contributed by atoms with Crippen molar-refractivity contribution in [1.82, 2.24) is 9.97 Å². The summed E-state index contributed by atoms with van der Waals surface area (Å²) in [5, 5.41) is 3.38. The van der Waals surface area contributed by atoms with E-state index in [1.807, 2.05) is 24.5 Å². The van der Waals surface area contributed by atoms with Crippen molar-refractivity contribution in [3.63, 3.8) is 0 Å². The Balaban J connectivity index is 0.